The monoisotopic (exact) mass is 262 g/mol. The summed E-state index contributed by atoms with van der Waals surface area (Å²) in [4.78, 5) is 9.92. The van der Waals surface area contributed by atoms with Crippen LogP contribution in [0.15, 0.2) is 40.8 Å². The topological polar surface area (TPSA) is 77.5 Å². The first kappa shape index (κ1) is 12.9. The molecule has 2 rings (SSSR count). The molecule has 0 unspecified atom stereocenters. The molecule has 100 valence electrons. The molecule has 1 aromatic heterocycles. The third-order valence-electron chi connectivity index (χ3n) is 2.44. The van der Waals surface area contributed by atoms with E-state index in [0.717, 1.165) is 11.4 Å². The van der Waals surface area contributed by atoms with E-state index in [0.29, 0.717) is 18.9 Å². The van der Waals surface area contributed by atoms with Crippen LogP contribution in [0.3, 0.4) is 0 Å². The lowest BCUT2D eigenvalue weighted by atomic mass is 10.3. The number of hydrogen-bond donors (Lipinski definition) is 1. The summed E-state index contributed by atoms with van der Waals surface area (Å²) in [6.45, 7) is 2.90. The van der Waals surface area contributed by atoms with Gasteiger partial charge in [-0.2, -0.15) is 0 Å². The van der Waals surface area contributed by atoms with Crippen molar-refractivity contribution >= 4 is 11.6 Å². The van der Waals surface area contributed by atoms with Crippen molar-refractivity contribution in [3.05, 3.63) is 52.3 Å². The van der Waals surface area contributed by atoms with Crippen molar-refractivity contribution in [2.45, 2.75) is 13.5 Å². The Balaban J connectivity index is 1.97. The molecule has 0 fully saturated rings. The van der Waals surface area contributed by atoms with Crippen molar-refractivity contribution in [1.29, 1.82) is 0 Å². The van der Waals surface area contributed by atoms with Gasteiger partial charge in [-0.05, 0) is 25.1 Å². The van der Waals surface area contributed by atoms with Crippen molar-refractivity contribution in [1.82, 2.24) is 0 Å². The Morgan fingerprint density at radius 2 is 2.21 bits per heavy atom. The molecular formula is C13H14N2O4. The van der Waals surface area contributed by atoms with E-state index < -0.39 is 4.92 Å². The van der Waals surface area contributed by atoms with Gasteiger partial charge in [-0.1, -0.05) is 6.07 Å². The van der Waals surface area contributed by atoms with Crippen molar-refractivity contribution in [2.75, 3.05) is 11.9 Å². The van der Waals surface area contributed by atoms with Crippen molar-refractivity contribution in [3.63, 3.8) is 0 Å². The van der Waals surface area contributed by atoms with Crippen molar-refractivity contribution < 1.29 is 14.1 Å². The van der Waals surface area contributed by atoms with Crippen molar-refractivity contribution in [2.24, 2.45) is 0 Å². The molecule has 1 heterocycles. The van der Waals surface area contributed by atoms with E-state index in [2.05, 4.69) is 5.32 Å². The normalized spacial score (nSPS) is 10.2. The standard InChI is InChI=1S/C13H14N2O4/c1-2-18-11-5-3-4-10(8-11)14-9-12-6-7-13(19-12)15(16)17/h3-8,14H,2,9H2,1H3. The molecular weight excluding hydrogens is 248 g/mol. The lowest BCUT2D eigenvalue weighted by molar-refractivity contribution is -0.402. The minimum absolute atomic E-state index is 0.250. The molecule has 0 saturated heterocycles. The molecule has 1 N–H and O–H groups in total. The summed E-state index contributed by atoms with van der Waals surface area (Å²) in [6, 6.07) is 10.4. The highest BCUT2D eigenvalue weighted by Gasteiger charge is 2.11. The number of hydrogen-bond acceptors (Lipinski definition) is 5. The summed E-state index contributed by atoms with van der Waals surface area (Å²) in [5.74, 6) is 1.03. The van der Waals surface area contributed by atoms with Crippen LogP contribution in [0.4, 0.5) is 11.6 Å². The van der Waals surface area contributed by atoms with Gasteiger partial charge in [0.05, 0.1) is 19.2 Å². The fourth-order valence-electron chi connectivity index (χ4n) is 1.61. The minimum atomic E-state index is -0.556. The van der Waals surface area contributed by atoms with Crippen LogP contribution in [0, 0.1) is 10.1 Å². The first-order valence-corrected chi connectivity index (χ1v) is 5.89. The molecule has 6 nitrogen and oxygen atoms in total. The summed E-state index contributed by atoms with van der Waals surface area (Å²) in [5.41, 5.74) is 0.866. The quantitative estimate of drug-likeness (QED) is 0.639. The number of anilines is 1. The summed E-state index contributed by atoms with van der Waals surface area (Å²) >= 11 is 0. The van der Waals surface area contributed by atoms with Gasteiger partial charge in [-0.3, -0.25) is 10.1 Å². The third-order valence-corrected chi connectivity index (χ3v) is 2.44. The maximum atomic E-state index is 10.5. The largest absolute Gasteiger partial charge is 0.494 e. The number of furan rings is 1. The van der Waals surface area contributed by atoms with E-state index in [1.165, 1.54) is 6.07 Å². The summed E-state index contributed by atoms with van der Waals surface area (Å²) < 4.78 is 10.4. The van der Waals surface area contributed by atoms with Gasteiger partial charge in [0.1, 0.15) is 16.4 Å². The molecule has 1 aromatic carbocycles. The van der Waals surface area contributed by atoms with E-state index >= 15 is 0 Å². The van der Waals surface area contributed by atoms with Crippen molar-refractivity contribution in [3.8, 4) is 5.75 Å². The van der Waals surface area contributed by atoms with E-state index in [1.807, 2.05) is 31.2 Å². The Morgan fingerprint density at radius 3 is 2.89 bits per heavy atom. The number of nitrogens with zero attached hydrogens (tertiary/aromatic N) is 1. The molecule has 19 heavy (non-hydrogen) atoms. The van der Waals surface area contributed by atoms with Crippen LogP contribution in [0.25, 0.3) is 0 Å². The fraction of sp³-hybridized carbons (Fsp3) is 0.231. The molecule has 0 atom stereocenters. The highest BCUT2D eigenvalue weighted by atomic mass is 16.6. The minimum Gasteiger partial charge on any atom is -0.494 e. The second-order valence-electron chi connectivity index (χ2n) is 3.81. The summed E-state index contributed by atoms with van der Waals surface area (Å²) in [7, 11) is 0. The predicted molar refractivity (Wildman–Crippen MR) is 70.3 cm³/mol. The van der Waals surface area contributed by atoms with Crippen LogP contribution in [-0.2, 0) is 6.54 Å². The molecule has 6 heteroatoms. The molecule has 2 aromatic rings. The zero-order chi connectivity index (χ0) is 13.7. The Bertz CT molecular complexity index is 565. The number of rotatable bonds is 6. The van der Waals surface area contributed by atoms with Gasteiger partial charge in [0, 0.05) is 11.8 Å². The highest BCUT2D eigenvalue weighted by Crippen LogP contribution is 2.20. The van der Waals surface area contributed by atoms with Gasteiger partial charge in [-0.25, -0.2) is 0 Å². The zero-order valence-electron chi connectivity index (χ0n) is 10.5. The number of nitro groups is 1. The van der Waals surface area contributed by atoms with Gasteiger partial charge in [0.15, 0.2) is 0 Å². The lowest BCUT2D eigenvalue weighted by Gasteiger charge is -2.07. The Labute approximate surface area is 110 Å². The molecule has 0 aliphatic carbocycles. The number of benzene rings is 1. The molecule has 0 spiro atoms. The highest BCUT2D eigenvalue weighted by molar-refractivity contribution is 5.48. The molecule has 0 amide bonds. The average Bonchev–Trinajstić information content (AvgIpc) is 2.86. The average molecular weight is 262 g/mol. The van der Waals surface area contributed by atoms with Gasteiger partial charge < -0.3 is 14.5 Å². The summed E-state index contributed by atoms with van der Waals surface area (Å²) in [5, 5.41) is 13.6. The Morgan fingerprint density at radius 1 is 1.37 bits per heavy atom. The molecule has 0 saturated carbocycles. The van der Waals surface area contributed by atoms with E-state index in [4.69, 9.17) is 9.15 Å². The second-order valence-corrected chi connectivity index (χ2v) is 3.81. The maximum absolute atomic E-state index is 10.5. The molecule has 0 radical (unpaired) electrons. The SMILES string of the molecule is CCOc1cccc(NCc2ccc([N+](=O)[O-])o2)c1. The summed E-state index contributed by atoms with van der Waals surface area (Å²) in [6.07, 6.45) is 0. The molecule has 0 aliphatic rings. The van der Waals surface area contributed by atoms with Crippen LogP contribution >= 0.6 is 0 Å². The molecule has 0 aliphatic heterocycles. The van der Waals surface area contributed by atoms with Crippen LogP contribution in [0.1, 0.15) is 12.7 Å². The zero-order valence-corrected chi connectivity index (χ0v) is 10.5. The first-order chi connectivity index (χ1) is 9.19. The van der Waals surface area contributed by atoms with E-state index in [-0.39, 0.29) is 5.88 Å². The van der Waals surface area contributed by atoms with Crippen LogP contribution in [-0.4, -0.2) is 11.5 Å². The van der Waals surface area contributed by atoms with Crippen LogP contribution in [0.2, 0.25) is 0 Å². The smallest absolute Gasteiger partial charge is 0.433 e. The second kappa shape index (κ2) is 5.90. The Kier molecular flexibility index (Phi) is 4.02. The molecule has 0 bridgehead atoms. The van der Waals surface area contributed by atoms with Crippen LogP contribution in [0.5, 0.6) is 5.75 Å². The van der Waals surface area contributed by atoms with Gasteiger partial charge in [0.25, 0.3) is 0 Å². The lowest BCUT2D eigenvalue weighted by Crippen LogP contribution is -1.99. The van der Waals surface area contributed by atoms with Crippen LogP contribution < -0.4 is 10.1 Å². The predicted octanol–water partition coefficient (Wildman–Crippen LogP) is 3.20. The first-order valence-electron chi connectivity index (χ1n) is 5.89. The number of ether oxygens (including phenoxy) is 1. The maximum Gasteiger partial charge on any atom is 0.433 e. The third kappa shape index (κ3) is 3.48. The van der Waals surface area contributed by atoms with Gasteiger partial charge in [0.2, 0.25) is 0 Å². The van der Waals surface area contributed by atoms with Gasteiger partial charge in [-0.15, -0.1) is 0 Å². The van der Waals surface area contributed by atoms with E-state index in [1.54, 1.807) is 6.07 Å². The van der Waals surface area contributed by atoms with E-state index in [9.17, 15) is 10.1 Å². The fourth-order valence-corrected chi connectivity index (χ4v) is 1.61. The Hall–Kier alpha value is -2.50. The van der Waals surface area contributed by atoms with Gasteiger partial charge >= 0.3 is 5.88 Å². The number of nitrogens with one attached hydrogen (secondary N) is 1.